The van der Waals surface area contributed by atoms with E-state index >= 15 is 0 Å². The molecule has 3 aliphatic rings. The molecule has 0 bridgehead atoms. The summed E-state index contributed by atoms with van der Waals surface area (Å²) in [6.45, 7) is 5.74. The molecule has 25 heavy (non-hydrogen) atoms. The van der Waals surface area contributed by atoms with Crippen molar-refractivity contribution in [2.24, 2.45) is 5.41 Å². The maximum atomic E-state index is 12.6. The quantitative estimate of drug-likeness (QED) is 0.825. The van der Waals surface area contributed by atoms with Gasteiger partial charge in [-0.3, -0.25) is 9.59 Å². The second-order valence-corrected chi connectivity index (χ2v) is 8.50. The summed E-state index contributed by atoms with van der Waals surface area (Å²) >= 11 is 1.41. The van der Waals surface area contributed by atoms with Gasteiger partial charge in [-0.15, -0.1) is 11.3 Å². The molecular formula is C18H25N3O3S. The van der Waals surface area contributed by atoms with Gasteiger partial charge in [-0.05, 0) is 32.6 Å². The molecular weight excluding hydrogens is 338 g/mol. The molecule has 1 aromatic heterocycles. The van der Waals surface area contributed by atoms with Gasteiger partial charge in [-0.25, -0.2) is 4.98 Å². The Bertz CT molecular complexity index is 660. The summed E-state index contributed by atoms with van der Waals surface area (Å²) in [5.41, 5.74) is 2.59. The maximum Gasteiger partial charge on any atom is 0.265 e. The zero-order valence-corrected chi connectivity index (χ0v) is 15.5. The molecule has 6 nitrogen and oxygen atoms in total. The standard InChI is InChI=1S/C18H25N3O3S/c1-13-16(25-12-19-13)17(23)20-6-4-18(5-7-20)9-15(22)21(11-18)10-14-3-2-8-24-14/h12,14H,2-11H2,1H3/t14-/m1/s1. The summed E-state index contributed by atoms with van der Waals surface area (Å²) in [6.07, 6.45) is 4.82. The molecule has 0 N–H and O–H groups in total. The van der Waals surface area contributed by atoms with E-state index in [0.717, 1.165) is 69.0 Å². The van der Waals surface area contributed by atoms with Crippen LogP contribution in [-0.4, -0.2) is 65.5 Å². The van der Waals surface area contributed by atoms with Crippen LogP contribution in [0, 0.1) is 12.3 Å². The van der Waals surface area contributed by atoms with Crippen LogP contribution in [0.4, 0.5) is 0 Å². The smallest absolute Gasteiger partial charge is 0.265 e. The second-order valence-electron chi connectivity index (χ2n) is 7.65. The van der Waals surface area contributed by atoms with Crippen molar-refractivity contribution in [1.82, 2.24) is 14.8 Å². The van der Waals surface area contributed by atoms with Gasteiger partial charge in [0.15, 0.2) is 0 Å². The van der Waals surface area contributed by atoms with Crippen molar-refractivity contribution < 1.29 is 14.3 Å². The van der Waals surface area contributed by atoms with Gasteiger partial charge in [0.25, 0.3) is 5.91 Å². The Kier molecular flexibility index (Phi) is 4.54. The molecule has 3 saturated heterocycles. The fourth-order valence-corrected chi connectivity index (χ4v) is 5.12. The number of piperidine rings is 1. The van der Waals surface area contributed by atoms with E-state index in [4.69, 9.17) is 4.74 Å². The molecule has 4 heterocycles. The summed E-state index contributed by atoms with van der Waals surface area (Å²) in [7, 11) is 0. The van der Waals surface area contributed by atoms with Crippen LogP contribution in [-0.2, 0) is 9.53 Å². The van der Waals surface area contributed by atoms with Crippen molar-refractivity contribution in [2.75, 3.05) is 32.8 Å². The molecule has 136 valence electrons. The lowest BCUT2D eigenvalue weighted by molar-refractivity contribution is -0.129. The van der Waals surface area contributed by atoms with Gasteiger partial charge in [0, 0.05) is 44.6 Å². The van der Waals surface area contributed by atoms with Crippen LogP contribution in [0.2, 0.25) is 0 Å². The molecule has 3 fully saturated rings. The van der Waals surface area contributed by atoms with Crippen LogP contribution in [0.15, 0.2) is 5.51 Å². The fourth-order valence-electron chi connectivity index (χ4n) is 4.35. The van der Waals surface area contributed by atoms with E-state index in [1.54, 1.807) is 5.51 Å². The van der Waals surface area contributed by atoms with E-state index in [1.807, 2.05) is 16.7 Å². The Morgan fingerprint density at radius 3 is 2.88 bits per heavy atom. The minimum Gasteiger partial charge on any atom is -0.376 e. The second kappa shape index (κ2) is 6.68. The normalized spacial score (nSPS) is 26.0. The van der Waals surface area contributed by atoms with Crippen molar-refractivity contribution in [1.29, 1.82) is 0 Å². The number of carbonyl (C=O) groups is 2. The third-order valence-electron chi connectivity index (χ3n) is 5.90. The number of aromatic nitrogens is 1. The highest BCUT2D eigenvalue weighted by Gasteiger charge is 2.46. The molecule has 0 saturated carbocycles. The van der Waals surface area contributed by atoms with Crippen LogP contribution in [0.1, 0.15) is 47.5 Å². The molecule has 0 radical (unpaired) electrons. The number of carbonyl (C=O) groups excluding carboxylic acids is 2. The molecule has 1 spiro atoms. The van der Waals surface area contributed by atoms with E-state index in [9.17, 15) is 9.59 Å². The minimum absolute atomic E-state index is 0.0508. The van der Waals surface area contributed by atoms with Crippen molar-refractivity contribution in [2.45, 2.75) is 45.1 Å². The van der Waals surface area contributed by atoms with Gasteiger partial charge >= 0.3 is 0 Å². The lowest BCUT2D eigenvalue weighted by Gasteiger charge is -2.38. The number of hydrogen-bond acceptors (Lipinski definition) is 5. The molecule has 0 aromatic carbocycles. The lowest BCUT2D eigenvalue weighted by atomic mass is 9.77. The van der Waals surface area contributed by atoms with E-state index in [-0.39, 0.29) is 23.3 Å². The van der Waals surface area contributed by atoms with Gasteiger partial charge in [0.1, 0.15) is 4.88 Å². The predicted octanol–water partition coefficient (Wildman–Crippen LogP) is 2.09. The highest BCUT2D eigenvalue weighted by atomic mass is 32.1. The SMILES string of the molecule is Cc1ncsc1C(=O)N1CCC2(CC1)CC(=O)N(C[C@H]1CCCO1)C2. The van der Waals surface area contributed by atoms with Crippen LogP contribution < -0.4 is 0 Å². The average molecular weight is 363 g/mol. The Morgan fingerprint density at radius 1 is 1.44 bits per heavy atom. The summed E-state index contributed by atoms with van der Waals surface area (Å²) in [6, 6.07) is 0. The number of amides is 2. The van der Waals surface area contributed by atoms with Crippen molar-refractivity contribution in [3.63, 3.8) is 0 Å². The zero-order chi connectivity index (χ0) is 17.4. The first-order valence-electron chi connectivity index (χ1n) is 9.15. The fraction of sp³-hybridized carbons (Fsp3) is 0.722. The van der Waals surface area contributed by atoms with Gasteiger partial charge in [0.05, 0.1) is 17.3 Å². The summed E-state index contributed by atoms with van der Waals surface area (Å²) in [5.74, 6) is 0.351. The van der Waals surface area contributed by atoms with Crippen LogP contribution in [0.25, 0.3) is 0 Å². The highest BCUT2D eigenvalue weighted by Crippen LogP contribution is 2.41. The van der Waals surface area contributed by atoms with Gasteiger partial charge in [0.2, 0.25) is 5.91 Å². The first-order valence-corrected chi connectivity index (χ1v) is 10.0. The van der Waals surface area contributed by atoms with Crippen molar-refractivity contribution in [3.8, 4) is 0 Å². The first-order chi connectivity index (χ1) is 12.1. The van der Waals surface area contributed by atoms with E-state index in [2.05, 4.69) is 4.98 Å². The number of nitrogens with zero attached hydrogens (tertiary/aromatic N) is 3. The molecule has 4 rings (SSSR count). The Labute approximate surface area is 152 Å². The van der Waals surface area contributed by atoms with Gasteiger partial charge in [-0.2, -0.15) is 0 Å². The molecule has 1 aromatic rings. The summed E-state index contributed by atoms with van der Waals surface area (Å²) in [5, 5.41) is 0. The van der Waals surface area contributed by atoms with E-state index in [1.165, 1.54) is 11.3 Å². The number of rotatable bonds is 3. The maximum absolute atomic E-state index is 12.6. The number of likely N-dealkylation sites (tertiary alicyclic amines) is 2. The van der Waals surface area contributed by atoms with Gasteiger partial charge in [-0.1, -0.05) is 0 Å². The highest BCUT2D eigenvalue weighted by molar-refractivity contribution is 7.11. The molecule has 0 unspecified atom stereocenters. The number of thiazole rings is 1. The van der Waals surface area contributed by atoms with E-state index < -0.39 is 0 Å². The molecule has 1 atom stereocenters. The number of aryl methyl sites for hydroxylation is 1. The van der Waals surface area contributed by atoms with Crippen LogP contribution in [0.3, 0.4) is 0 Å². The Morgan fingerprint density at radius 2 is 2.24 bits per heavy atom. The summed E-state index contributed by atoms with van der Waals surface area (Å²) < 4.78 is 5.69. The average Bonchev–Trinajstić information content (AvgIpc) is 3.31. The zero-order valence-electron chi connectivity index (χ0n) is 14.7. The van der Waals surface area contributed by atoms with Gasteiger partial charge < -0.3 is 14.5 Å². The molecule has 0 aliphatic carbocycles. The predicted molar refractivity (Wildman–Crippen MR) is 94.6 cm³/mol. The number of hydrogen-bond donors (Lipinski definition) is 0. The molecule has 2 amide bonds. The molecule has 7 heteroatoms. The largest absolute Gasteiger partial charge is 0.376 e. The van der Waals surface area contributed by atoms with E-state index in [0.29, 0.717) is 6.42 Å². The third-order valence-corrected chi connectivity index (χ3v) is 6.82. The number of ether oxygens (including phenoxy) is 1. The van der Waals surface area contributed by atoms with Crippen LogP contribution in [0.5, 0.6) is 0 Å². The van der Waals surface area contributed by atoms with Crippen molar-refractivity contribution in [3.05, 3.63) is 16.1 Å². The lowest BCUT2D eigenvalue weighted by Crippen LogP contribution is -2.44. The topological polar surface area (TPSA) is 62.7 Å². The minimum atomic E-state index is 0.0508. The van der Waals surface area contributed by atoms with Crippen LogP contribution >= 0.6 is 11.3 Å². The first kappa shape index (κ1) is 17.0. The molecule has 3 aliphatic heterocycles. The monoisotopic (exact) mass is 363 g/mol. The Balaban J connectivity index is 1.35. The van der Waals surface area contributed by atoms with Crippen molar-refractivity contribution >= 4 is 23.2 Å². The summed E-state index contributed by atoms with van der Waals surface area (Å²) in [4.78, 5) is 34.0. The third kappa shape index (κ3) is 3.31. The Hall–Kier alpha value is -1.47.